The normalized spacial score (nSPS) is 18.2. The van der Waals surface area contributed by atoms with Crippen molar-refractivity contribution in [3.05, 3.63) is 51.6 Å². The summed E-state index contributed by atoms with van der Waals surface area (Å²) >= 11 is 0. The van der Waals surface area contributed by atoms with Gasteiger partial charge in [0.25, 0.3) is 5.69 Å². The summed E-state index contributed by atoms with van der Waals surface area (Å²) in [5, 5.41) is 14.3. The highest BCUT2D eigenvalue weighted by molar-refractivity contribution is 5.92. The van der Waals surface area contributed by atoms with Gasteiger partial charge in [-0.25, -0.2) is 4.79 Å². The lowest BCUT2D eigenvalue weighted by Crippen LogP contribution is -2.48. The molecule has 0 bridgehead atoms. The summed E-state index contributed by atoms with van der Waals surface area (Å²) in [5.74, 6) is 1.84. The number of benzene rings is 2. The maximum atomic E-state index is 13.2. The van der Waals surface area contributed by atoms with Crippen LogP contribution in [0.5, 0.6) is 17.2 Å². The molecule has 5 rings (SSSR count). The minimum atomic E-state index is -0.522. The number of carbonyl (C=O) groups is 1. The fourth-order valence-electron chi connectivity index (χ4n) is 5.18. The molecule has 2 aromatic carbocycles. The van der Waals surface area contributed by atoms with Gasteiger partial charge in [-0.15, -0.1) is 0 Å². The Morgan fingerprint density at radius 2 is 1.88 bits per heavy atom. The third-order valence-corrected chi connectivity index (χ3v) is 6.69. The van der Waals surface area contributed by atoms with E-state index in [0.717, 1.165) is 37.0 Å². The molecule has 9 nitrogen and oxygen atoms in total. The predicted molar refractivity (Wildman–Crippen MR) is 117 cm³/mol. The molecule has 0 unspecified atom stereocenters. The van der Waals surface area contributed by atoms with Gasteiger partial charge in [-0.2, -0.15) is 0 Å². The number of anilines is 1. The molecule has 2 aromatic rings. The number of nitrogens with one attached hydrogen (secondary N) is 1. The van der Waals surface area contributed by atoms with E-state index in [1.807, 2.05) is 6.07 Å². The highest BCUT2D eigenvalue weighted by atomic mass is 16.6. The second-order valence-electron chi connectivity index (χ2n) is 8.57. The van der Waals surface area contributed by atoms with Crippen LogP contribution in [-0.2, 0) is 12.0 Å². The number of amides is 2. The molecule has 1 N–H and O–H groups in total. The summed E-state index contributed by atoms with van der Waals surface area (Å²) in [6.45, 7) is 2.01. The first-order chi connectivity index (χ1) is 15.5. The van der Waals surface area contributed by atoms with Gasteiger partial charge < -0.3 is 24.4 Å². The van der Waals surface area contributed by atoms with E-state index < -0.39 is 4.92 Å². The minimum absolute atomic E-state index is 0.132. The van der Waals surface area contributed by atoms with Crippen LogP contribution in [0.1, 0.15) is 36.8 Å². The van der Waals surface area contributed by atoms with E-state index in [-0.39, 0.29) is 22.8 Å². The Kier molecular flexibility index (Phi) is 5.03. The third kappa shape index (κ3) is 3.47. The van der Waals surface area contributed by atoms with E-state index in [4.69, 9.17) is 14.2 Å². The van der Waals surface area contributed by atoms with Gasteiger partial charge in [-0.3, -0.25) is 10.1 Å². The molecular weight excluding hydrogens is 414 g/mol. The third-order valence-electron chi connectivity index (χ3n) is 6.69. The van der Waals surface area contributed by atoms with Crippen molar-refractivity contribution in [1.29, 1.82) is 0 Å². The van der Waals surface area contributed by atoms with E-state index in [9.17, 15) is 14.9 Å². The SMILES string of the molecule is COc1ccc(NC(=O)N2Cc3cc4c(cc3C3(CCCC3)C2)OCCO4)c([N+](=O)[O-])c1. The molecule has 0 atom stereocenters. The van der Waals surface area contributed by atoms with Crippen molar-refractivity contribution in [3.8, 4) is 17.2 Å². The molecule has 168 valence electrons. The predicted octanol–water partition coefficient (Wildman–Crippen LogP) is 4.23. The van der Waals surface area contributed by atoms with E-state index in [2.05, 4.69) is 11.4 Å². The van der Waals surface area contributed by atoms with Crippen LogP contribution in [0.3, 0.4) is 0 Å². The molecule has 2 amide bonds. The number of rotatable bonds is 3. The standard InChI is InChI=1S/C23H25N3O6/c1-30-16-4-5-18(19(11-16)26(28)29)24-22(27)25-13-15-10-20-21(32-9-8-31-20)12-17(15)23(14-25)6-2-3-7-23/h4-5,10-12H,2-3,6-9,13-14H2,1H3,(H,24,27). The molecule has 1 aliphatic carbocycles. The van der Waals surface area contributed by atoms with Crippen molar-refractivity contribution >= 4 is 17.4 Å². The van der Waals surface area contributed by atoms with Crippen molar-refractivity contribution in [2.45, 2.75) is 37.6 Å². The lowest BCUT2D eigenvalue weighted by atomic mass is 9.73. The van der Waals surface area contributed by atoms with Gasteiger partial charge in [0.05, 0.1) is 18.1 Å². The van der Waals surface area contributed by atoms with E-state index in [1.54, 1.807) is 11.0 Å². The van der Waals surface area contributed by atoms with Gasteiger partial charge in [-0.1, -0.05) is 12.8 Å². The number of nitrogens with zero attached hydrogens (tertiary/aromatic N) is 2. The van der Waals surface area contributed by atoms with Gasteiger partial charge in [0, 0.05) is 18.5 Å². The highest BCUT2D eigenvalue weighted by Gasteiger charge is 2.44. The van der Waals surface area contributed by atoms with Crippen molar-refractivity contribution in [2.75, 3.05) is 32.2 Å². The number of hydrogen-bond donors (Lipinski definition) is 1. The molecule has 9 heteroatoms. The van der Waals surface area contributed by atoms with E-state index in [1.165, 1.54) is 24.8 Å². The maximum absolute atomic E-state index is 13.2. The number of fused-ring (bicyclic) bond motifs is 3. The monoisotopic (exact) mass is 439 g/mol. The first kappa shape index (κ1) is 20.4. The first-order valence-corrected chi connectivity index (χ1v) is 10.8. The summed E-state index contributed by atoms with van der Waals surface area (Å²) in [6.07, 6.45) is 4.19. The van der Waals surface area contributed by atoms with Crippen LogP contribution in [-0.4, -0.2) is 42.7 Å². The maximum Gasteiger partial charge on any atom is 0.322 e. The van der Waals surface area contributed by atoms with Crippen LogP contribution in [0, 0.1) is 10.1 Å². The minimum Gasteiger partial charge on any atom is -0.496 e. The van der Waals surface area contributed by atoms with Crippen molar-refractivity contribution in [1.82, 2.24) is 4.90 Å². The van der Waals surface area contributed by atoms with Gasteiger partial charge in [0.15, 0.2) is 11.5 Å². The Balaban J connectivity index is 1.46. The van der Waals surface area contributed by atoms with Crippen molar-refractivity contribution in [2.24, 2.45) is 0 Å². The Bertz CT molecular complexity index is 1080. The molecular formula is C23H25N3O6. The molecule has 2 heterocycles. The fraction of sp³-hybridized carbons (Fsp3) is 0.435. The Hall–Kier alpha value is -3.49. The van der Waals surface area contributed by atoms with Crippen LogP contribution < -0.4 is 19.5 Å². The Labute approximate surface area is 185 Å². The lowest BCUT2D eigenvalue weighted by molar-refractivity contribution is -0.384. The van der Waals surface area contributed by atoms with Crippen LogP contribution in [0.2, 0.25) is 0 Å². The second-order valence-corrected chi connectivity index (χ2v) is 8.57. The number of methoxy groups -OCH3 is 1. The Morgan fingerprint density at radius 1 is 1.16 bits per heavy atom. The summed E-state index contributed by atoms with van der Waals surface area (Å²) in [4.78, 5) is 26.0. The van der Waals surface area contributed by atoms with Crippen molar-refractivity contribution in [3.63, 3.8) is 0 Å². The Morgan fingerprint density at radius 3 is 2.56 bits per heavy atom. The molecule has 0 aromatic heterocycles. The average Bonchev–Trinajstić information content (AvgIpc) is 3.26. The molecule has 1 fully saturated rings. The number of hydrogen-bond acceptors (Lipinski definition) is 6. The fourth-order valence-corrected chi connectivity index (χ4v) is 5.18. The molecule has 0 saturated heterocycles. The molecule has 3 aliphatic rings. The van der Waals surface area contributed by atoms with Gasteiger partial charge in [0.2, 0.25) is 0 Å². The van der Waals surface area contributed by atoms with Crippen LogP contribution in [0.4, 0.5) is 16.2 Å². The number of nitro benzene ring substituents is 1. The molecule has 0 radical (unpaired) electrons. The zero-order chi connectivity index (χ0) is 22.3. The number of urea groups is 1. The summed E-state index contributed by atoms with van der Waals surface area (Å²) in [6, 6.07) is 8.13. The second kappa shape index (κ2) is 7.89. The van der Waals surface area contributed by atoms with Gasteiger partial charge in [-0.05, 0) is 48.2 Å². The molecule has 1 spiro atoms. The number of ether oxygens (including phenoxy) is 3. The smallest absolute Gasteiger partial charge is 0.322 e. The van der Waals surface area contributed by atoms with Gasteiger partial charge in [0.1, 0.15) is 24.7 Å². The van der Waals surface area contributed by atoms with Crippen LogP contribution >= 0.6 is 0 Å². The molecule has 32 heavy (non-hydrogen) atoms. The zero-order valence-electron chi connectivity index (χ0n) is 17.9. The first-order valence-electron chi connectivity index (χ1n) is 10.8. The summed E-state index contributed by atoms with van der Waals surface area (Å²) < 4.78 is 16.7. The largest absolute Gasteiger partial charge is 0.496 e. The molecule has 2 aliphatic heterocycles. The summed E-state index contributed by atoms with van der Waals surface area (Å²) in [7, 11) is 1.44. The number of nitro groups is 1. The summed E-state index contributed by atoms with van der Waals surface area (Å²) in [5.41, 5.74) is 2.09. The number of carbonyl (C=O) groups excluding carboxylic acids is 1. The lowest BCUT2D eigenvalue weighted by Gasteiger charge is -2.42. The highest BCUT2D eigenvalue weighted by Crippen LogP contribution is 2.49. The average molecular weight is 439 g/mol. The quantitative estimate of drug-likeness (QED) is 0.567. The van der Waals surface area contributed by atoms with Gasteiger partial charge >= 0.3 is 6.03 Å². The zero-order valence-corrected chi connectivity index (χ0v) is 17.9. The van der Waals surface area contributed by atoms with Crippen LogP contribution in [0.15, 0.2) is 30.3 Å². The van der Waals surface area contributed by atoms with Crippen LogP contribution in [0.25, 0.3) is 0 Å². The topological polar surface area (TPSA) is 103 Å². The van der Waals surface area contributed by atoms with E-state index in [0.29, 0.717) is 37.8 Å². The van der Waals surface area contributed by atoms with Crippen molar-refractivity contribution < 1.29 is 23.9 Å². The molecule has 1 saturated carbocycles. The van der Waals surface area contributed by atoms with E-state index >= 15 is 0 Å².